The van der Waals surface area contributed by atoms with Gasteiger partial charge in [-0.05, 0) is 69.9 Å². The molecule has 5 atom stereocenters. The van der Waals surface area contributed by atoms with E-state index in [-0.39, 0.29) is 23.6 Å². The number of ketones is 1. The van der Waals surface area contributed by atoms with Gasteiger partial charge in [-0.15, -0.1) is 11.3 Å². The Bertz CT molecular complexity index is 815. The predicted molar refractivity (Wildman–Crippen MR) is 128 cm³/mol. The maximum Gasteiger partial charge on any atom is 0.243 e. The molecule has 2 aliphatic heterocycles. The number of hydrogen-bond donors (Lipinski definition) is 3. The second-order valence-electron chi connectivity index (χ2n) is 9.70. The fourth-order valence-electron chi connectivity index (χ4n) is 5.90. The van der Waals surface area contributed by atoms with Crippen LogP contribution in [-0.2, 0) is 9.59 Å². The number of piperidine rings is 1. The van der Waals surface area contributed by atoms with Crippen molar-refractivity contribution in [3.05, 3.63) is 16.6 Å². The normalized spacial score (nSPS) is 28.2. The molecule has 1 aromatic heterocycles. The molecule has 3 fully saturated rings. The number of fused-ring (bicyclic) bond motifs is 1. The number of carbonyl (C=O) groups excluding carboxylic acids is 3. The number of hydrogen-bond acceptors (Lipinski definition) is 7. The molecule has 1 saturated carbocycles. The average molecular weight is 476 g/mol. The van der Waals surface area contributed by atoms with Gasteiger partial charge in [-0.2, -0.15) is 0 Å². The number of nitrogens with one attached hydrogen (secondary N) is 2. The second kappa shape index (κ2) is 11.5. The summed E-state index contributed by atoms with van der Waals surface area (Å²) in [5.74, 6) is 0.662. The minimum atomic E-state index is -0.640. The Labute approximate surface area is 200 Å². The van der Waals surface area contributed by atoms with Crippen LogP contribution in [0.25, 0.3) is 0 Å². The zero-order chi connectivity index (χ0) is 23.2. The third-order valence-corrected chi connectivity index (χ3v) is 8.23. The van der Waals surface area contributed by atoms with Gasteiger partial charge in [0, 0.05) is 11.9 Å². The molecule has 2 amide bonds. The summed E-state index contributed by atoms with van der Waals surface area (Å²) in [6.07, 6.45) is 9.39. The molecule has 0 bridgehead atoms. The van der Waals surface area contributed by atoms with Crippen molar-refractivity contribution >= 4 is 28.9 Å². The molecule has 0 aromatic carbocycles. The highest BCUT2D eigenvalue weighted by Gasteiger charge is 2.44. The van der Waals surface area contributed by atoms with E-state index in [1.807, 2.05) is 0 Å². The Morgan fingerprint density at radius 1 is 1.18 bits per heavy atom. The SMILES string of the molecule is NCCCCC(NC(=O)C1CCCN1C(=O)C1NCCC2CCCCC21)C(=O)c1cscn1. The van der Waals surface area contributed by atoms with Gasteiger partial charge in [0.05, 0.1) is 17.6 Å². The van der Waals surface area contributed by atoms with Gasteiger partial charge in [0.15, 0.2) is 0 Å². The number of carbonyl (C=O) groups is 3. The van der Waals surface area contributed by atoms with E-state index >= 15 is 0 Å². The van der Waals surface area contributed by atoms with Gasteiger partial charge in [0.2, 0.25) is 17.6 Å². The van der Waals surface area contributed by atoms with Crippen LogP contribution in [0.3, 0.4) is 0 Å². The standard InChI is InChI=1S/C24H37N5O3S/c25-11-4-3-8-18(22(30)19-14-33-15-27-19)28-23(31)20-9-5-13-29(20)24(32)21-17-7-2-1-6-16(17)10-12-26-21/h14-18,20-21,26H,1-13,25H2,(H,28,31). The molecule has 2 saturated heterocycles. The molecule has 9 heteroatoms. The van der Waals surface area contributed by atoms with Gasteiger partial charge in [-0.25, -0.2) is 4.98 Å². The van der Waals surface area contributed by atoms with Gasteiger partial charge in [-0.1, -0.05) is 19.3 Å². The van der Waals surface area contributed by atoms with Crippen molar-refractivity contribution in [2.45, 2.75) is 82.3 Å². The molecule has 4 rings (SSSR count). The first-order valence-electron chi connectivity index (χ1n) is 12.6. The topological polar surface area (TPSA) is 117 Å². The van der Waals surface area contributed by atoms with E-state index in [0.717, 1.165) is 38.6 Å². The van der Waals surface area contributed by atoms with Crippen molar-refractivity contribution in [3.63, 3.8) is 0 Å². The summed E-state index contributed by atoms with van der Waals surface area (Å²) < 4.78 is 0. The summed E-state index contributed by atoms with van der Waals surface area (Å²) in [5, 5.41) is 8.15. The van der Waals surface area contributed by atoms with Gasteiger partial charge in [-0.3, -0.25) is 14.4 Å². The maximum absolute atomic E-state index is 13.6. The van der Waals surface area contributed by atoms with E-state index < -0.39 is 12.1 Å². The van der Waals surface area contributed by atoms with Crippen LogP contribution in [0.5, 0.6) is 0 Å². The van der Waals surface area contributed by atoms with E-state index in [4.69, 9.17) is 5.73 Å². The number of Topliss-reactive ketones (excluding diaryl/α,β-unsaturated/α-hetero) is 1. The van der Waals surface area contributed by atoms with Crippen molar-refractivity contribution in [1.29, 1.82) is 0 Å². The number of thiazole rings is 1. The van der Waals surface area contributed by atoms with Crippen molar-refractivity contribution in [3.8, 4) is 0 Å². The zero-order valence-electron chi connectivity index (χ0n) is 19.3. The molecule has 33 heavy (non-hydrogen) atoms. The van der Waals surface area contributed by atoms with E-state index in [1.54, 1.807) is 15.8 Å². The minimum absolute atomic E-state index is 0.0646. The van der Waals surface area contributed by atoms with Crippen molar-refractivity contribution in [1.82, 2.24) is 20.5 Å². The van der Waals surface area contributed by atoms with E-state index in [1.165, 1.54) is 30.6 Å². The summed E-state index contributed by atoms with van der Waals surface area (Å²) >= 11 is 1.36. The quantitative estimate of drug-likeness (QED) is 0.372. The highest BCUT2D eigenvalue weighted by molar-refractivity contribution is 7.07. The third kappa shape index (κ3) is 5.63. The number of nitrogens with two attached hydrogens (primary N) is 1. The highest BCUT2D eigenvalue weighted by Crippen LogP contribution is 2.38. The van der Waals surface area contributed by atoms with Gasteiger partial charge >= 0.3 is 0 Å². The Kier molecular flexibility index (Phi) is 8.49. The van der Waals surface area contributed by atoms with Crippen LogP contribution in [0.1, 0.15) is 74.7 Å². The maximum atomic E-state index is 13.6. The predicted octanol–water partition coefficient (Wildman–Crippen LogP) is 2.10. The van der Waals surface area contributed by atoms with Crippen LogP contribution >= 0.6 is 11.3 Å². The number of unbranched alkanes of at least 4 members (excludes halogenated alkanes) is 1. The molecule has 8 nitrogen and oxygen atoms in total. The van der Waals surface area contributed by atoms with Crippen LogP contribution in [0.15, 0.2) is 10.9 Å². The van der Waals surface area contributed by atoms with Crippen LogP contribution in [0.4, 0.5) is 0 Å². The van der Waals surface area contributed by atoms with Gasteiger partial charge in [0.1, 0.15) is 11.7 Å². The second-order valence-corrected chi connectivity index (χ2v) is 10.4. The molecule has 3 aliphatic rings. The van der Waals surface area contributed by atoms with Crippen LogP contribution in [-0.4, -0.2) is 65.2 Å². The molecule has 1 aliphatic carbocycles. The minimum Gasteiger partial charge on any atom is -0.344 e. The number of likely N-dealkylation sites (tertiary alicyclic amines) is 1. The summed E-state index contributed by atoms with van der Waals surface area (Å²) in [6, 6.07) is -1.34. The number of amides is 2. The summed E-state index contributed by atoms with van der Waals surface area (Å²) in [6.45, 7) is 2.02. The largest absolute Gasteiger partial charge is 0.344 e. The first kappa shape index (κ1) is 24.3. The lowest BCUT2D eigenvalue weighted by molar-refractivity contribution is -0.142. The summed E-state index contributed by atoms with van der Waals surface area (Å²) in [4.78, 5) is 45.8. The molecule has 0 spiro atoms. The van der Waals surface area contributed by atoms with Crippen LogP contribution < -0.4 is 16.4 Å². The molecule has 182 valence electrons. The van der Waals surface area contributed by atoms with Crippen molar-refractivity contribution < 1.29 is 14.4 Å². The monoisotopic (exact) mass is 475 g/mol. The average Bonchev–Trinajstić information content (AvgIpc) is 3.55. The molecule has 3 heterocycles. The van der Waals surface area contributed by atoms with Gasteiger partial charge in [0.25, 0.3) is 0 Å². The molecule has 1 aromatic rings. The van der Waals surface area contributed by atoms with E-state index in [2.05, 4.69) is 15.6 Å². The Hall–Kier alpha value is -1.84. The summed E-state index contributed by atoms with van der Waals surface area (Å²) in [5.41, 5.74) is 7.63. The first-order valence-corrected chi connectivity index (χ1v) is 13.5. The van der Waals surface area contributed by atoms with E-state index in [9.17, 15) is 14.4 Å². The van der Waals surface area contributed by atoms with E-state index in [0.29, 0.717) is 43.5 Å². The molecule has 4 N–H and O–H groups in total. The molecule has 0 radical (unpaired) electrons. The summed E-state index contributed by atoms with van der Waals surface area (Å²) in [7, 11) is 0. The fraction of sp³-hybridized carbons (Fsp3) is 0.750. The lowest BCUT2D eigenvalue weighted by Crippen LogP contribution is -2.59. The molecular weight excluding hydrogens is 438 g/mol. The Morgan fingerprint density at radius 2 is 2.03 bits per heavy atom. The smallest absolute Gasteiger partial charge is 0.243 e. The third-order valence-electron chi connectivity index (χ3n) is 7.64. The number of nitrogens with zero attached hydrogens (tertiary/aromatic N) is 2. The van der Waals surface area contributed by atoms with Crippen LogP contribution in [0, 0.1) is 11.8 Å². The van der Waals surface area contributed by atoms with Crippen LogP contribution in [0.2, 0.25) is 0 Å². The lowest BCUT2D eigenvalue weighted by atomic mass is 9.71. The van der Waals surface area contributed by atoms with Gasteiger partial charge < -0.3 is 21.3 Å². The fourth-order valence-corrected chi connectivity index (χ4v) is 6.44. The number of rotatable bonds is 9. The lowest BCUT2D eigenvalue weighted by Gasteiger charge is -2.43. The van der Waals surface area contributed by atoms with Crippen molar-refractivity contribution in [2.75, 3.05) is 19.6 Å². The Balaban J connectivity index is 1.43. The Morgan fingerprint density at radius 3 is 2.82 bits per heavy atom. The molecule has 5 unspecified atom stereocenters. The molecular formula is C24H37N5O3S. The highest BCUT2D eigenvalue weighted by atomic mass is 32.1. The zero-order valence-corrected chi connectivity index (χ0v) is 20.2. The van der Waals surface area contributed by atoms with Crippen molar-refractivity contribution in [2.24, 2.45) is 17.6 Å². The first-order chi connectivity index (χ1) is 16.1. The number of aromatic nitrogens is 1.